The number of aromatic nitrogens is 2. The molecule has 0 amide bonds. The van der Waals surface area contributed by atoms with Crippen molar-refractivity contribution < 1.29 is 4.92 Å². The van der Waals surface area contributed by atoms with Crippen LogP contribution in [0.15, 0.2) is 30.6 Å². The predicted octanol–water partition coefficient (Wildman–Crippen LogP) is 1.78. The number of hydrogen-bond donors (Lipinski definition) is 2. The van der Waals surface area contributed by atoms with Crippen molar-refractivity contribution in [3.63, 3.8) is 0 Å². The molecule has 0 spiro atoms. The van der Waals surface area contributed by atoms with Gasteiger partial charge in [0.25, 0.3) is 0 Å². The highest BCUT2D eigenvalue weighted by atomic mass is 16.6. The van der Waals surface area contributed by atoms with Crippen LogP contribution in [0.3, 0.4) is 0 Å². The van der Waals surface area contributed by atoms with Crippen LogP contribution in [0.5, 0.6) is 0 Å². The van der Waals surface area contributed by atoms with Gasteiger partial charge in [-0.1, -0.05) is 0 Å². The molecule has 8 heteroatoms. The quantitative estimate of drug-likeness (QED) is 0.645. The van der Waals surface area contributed by atoms with E-state index in [1.165, 1.54) is 6.33 Å². The van der Waals surface area contributed by atoms with Gasteiger partial charge in [-0.15, -0.1) is 0 Å². The molecule has 0 fully saturated rings. The molecule has 0 atom stereocenters. The summed E-state index contributed by atoms with van der Waals surface area (Å²) < 4.78 is 0. The van der Waals surface area contributed by atoms with Gasteiger partial charge in [0, 0.05) is 25.5 Å². The Labute approximate surface area is 115 Å². The lowest BCUT2D eigenvalue weighted by Crippen LogP contribution is -2.08. The fraction of sp³-hybridized carbons (Fsp3) is 0.167. The lowest BCUT2D eigenvalue weighted by atomic mass is 10.2. The lowest BCUT2D eigenvalue weighted by molar-refractivity contribution is -0.383. The number of rotatable bonds is 4. The van der Waals surface area contributed by atoms with Crippen LogP contribution in [0.1, 0.15) is 0 Å². The Balaban J connectivity index is 2.30. The molecule has 0 aliphatic carbocycles. The molecule has 1 aromatic heterocycles. The third-order valence-corrected chi connectivity index (χ3v) is 2.68. The summed E-state index contributed by atoms with van der Waals surface area (Å²) in [5.74, 6) is -0.0995. The summed E-state index contributed by atoms with van der Waals surface area (Å²) in [5, 5.41) is 13.8. The van der Waals surface area contributed by atoms with E-state index in [1.807, 2.05) is 31.1 Å². The van der Waals surface area contributed by atoms with E-state index in [0.717, 1.165) is 5.69 Å². The zero-order valence-electron chi connectivity index (χ0n) is 11.1. The Morgan fingerprint density at radius 2 is 1.90 bits per heavy atom. The van der Waals surface area contributed by atoms with Crippen molar-refractivity contribution in [3.8, 4) is 0 Å². The Kier molecular flexibility index (Phi) is 3.65. The Morgan fingerprint density at radius 3 is 2.45 bits per heavy atom. The third kappa shape index (κ3) is 2.74. The average Bonchev–Trinajstić information content (AvgIpc) is 2.39. The minimum Gasteiger partial charge on any atom is -0.378 e. The van der Waals surface area contributed by atoms with Crippen molar-refractivity contribution in [1.29, 1.82) is 0 Å². The zero-order chi connectivity index (χ0) is 14.7. The fourth-order valence-corrected chi connectivity index (χ4v) is 1.64. The van der Waals surface area contributed by atoms with Crippen molar-refractivity contribution in [3.05, 3.63) is 40.7 Å². The Morgan fingerprint density at radius 1 is 1.25 bits per heavy atom. The topological polar surface area (TPSA) is 110 Å². The molecule has 0 saturated heterocycles. The van der Waals surface area contributed by atoms with Crippen molar-refractivity contribution >= 4 is 28.7 Å². The molecule has 2 aromatic rings. The van der Waals surface area contributed by atoms with Gasteiger partial charge >= 0.3 is 5.69 Å². The van der Waals surface area contributed by atoms with Gasteiger partial charge in [0.15, 0.2) is 0 Å². The maximum atomic E-state index is 11.0. The molecule has 0 unspecified atom stereocenters. The molecule has 1 aromatic carbocycles. The van der Waals surface area contributed by atoms with E-state index in [1.54, 1.807) is 12.1 Å². The van der Waals surface area contributed by atoms with E-state index >= 15 is 0 Å². The van der Waals surface area contributed by atoms with Gasteiger partial charge in [-0.25, -0.2) is 9.97 Å². The van der Waals surface area contributed by atoms with Crippen molar-refractivity contribution in [2.75, 3.05) is 30.0 Å². The van der Waals surface area contributed by atoms with Gasteiger partial charge in [0.05, 0.1) is 4.92 Å². The highest BCUT2D eigenvalue weighted by Gasteiger charge is 2.20. The molecule has 3 N–H and O–H groups in total. The van der Waals surface area contributed by atoms with Crippen LogP contribution in [-0.4, -0.2) is 29.0 Å². The van der Waals surface area contributed by atoms with Crippen molar-refractivity contribution in [2.45, 2.75) is 0 Å². The molecule has 0 aliphatic heterocycles. The molecule has 0 aliphatic rings. The number of nitrogens with zero attached hydrogens (tertiary/aromatic N) is 4. The smallest absolute Gasteiger partial charge is 0.353 e. The largest absolute Gasteiger partial charge is 0.378 e. The van der Waals surface area contributed by atoms with Gasteiger partial charge < -0.3 is 16.0 Å². The second-order valence-electron chi connectivity index (χ2n) is 4.28. The lowest BCUT2D eigenvalue weighted by Gasteiger charge is -2.13. The second kappa shape index (κ2) is 5.39. The van der Waals surface area contributed by atoms with Crippen LogP contribution in [0.2, 0.25) is 0 Å². The van der Waals surface area contributed by atoms with Gasteiger partial charge in [-0.3, -0.25) is 10.1 Å². The van der Waals surface area contributed by atoms with Gasteiger partial charge in [-0.2, -0.15) is 0 Å². The molecule has 0 bridgehead atoms. The molecule has 1 heterocycles. The Bertz CT molecular complexity index is 626. The first kappa shape index (κ1) is 13.5. The highest BCUT2D eigenvalue weighted by molar-refractivity contribution is 5.72. The van der Waals surface area contributed by atoms with Crippen LogP contribution in [0.4, 0.5) is 28.7 Å². The number of anilines is 4. The molecule has 0 radical (unpaired) electrons. The zero-order valence-corrected chi connectivity index (χ0v) is 11.1. The van der Waals surface area contributed by atoms with Crippen LogP contribution >= 0.6 is 0 Å². The first-order chi connectivity index (χ1) is 9.49. The molecular weight excluding hydrogens is 260 g/mol. The average molecular weight is 274 g/mol. The normalized spacial score (nSPS) is 10.1. The summed E-state index contributed by atoms with van der Waals surface area (Å²) in [6, 6.07) is 7.38. The van der Waals surface area contributed by atoms with E-state index in [-0.39, 0.29) is 17.3 Å². The summed E-state index contributed by atoms with van der Waals surface area (Å²) in [5.41, 5.74) is 6.87. The monoisotopic (exact) mass is 274 g/mol. The molecule has 2 rings (SSSR count). The summed E-state index contributed by atoms with van der Waals surface area (Å²) in [4.78, 5) is 19.8. The number of hydrogen-bond acceptors (Lipinski definition) is 7. The number of nitrogens with one attached hydrogen (secondary N) is 1. The number of benzene rings is 1. The molecule has 8 nitrogen and oxygen atoms in total. The SMILES string of the molecule is CN(C)c1ccc(Nc2ncnc(N)c2[N+](=O)[O-])cc1. The number of nitrogens with two attached hydrogens (primary N) is 1. The Hall–Kier alpha value is -2.90. The minimum atomic E-state index is -0.605. The van der Waals surface area contributed by atoms with Gasteiger partial charge in [0.1, 0.15) is 6.33 Å². The predicted molar refractivity (Wildman–Crippen MR) is 77.2 cm³/mol. The minimum absolute atomic E-state index is 0.0695. The van der Waals surface area contributed by atoms with Crippen LogP contribution in [0, 0.1) is 10.1 Å². The van der Waals surface area contributed by atoms with Crippen LogP contribution < -0.4 is 16.0 Å². The van der Waals surface area contributed by atoms with E-state index in [2.05, 4.69) is 15.3 Å². The first-order valence-corrected chi connectivity index (χ1v) is 5.78. The molecular formula is C12H14N6O2. The van der Waals surface area contributed by atoms with Crippen molar-refractivity contribution in [1.82, 2.24) is 9.97 Å². The van der Waals surface area contributed by atoms with Crippen molar-refractivity contribution in [2.24, 2.45) is 0 Å². The summed E-state index contributed by atoms with van der Waals surface area (Å²) in [6.07, 6.45) is 1.18. The molecule has 0 saturated carbocycles. The standard InChI is InChI=1S/C12H14N6O2/c1-17(2)9-5-3-8(4-6-9)16-12-10(18(19)20)11(13)14-7-15-12/h3-7H,1-2H3,(H3,13,14,15,16). The number of nitro groups is 1. The van der Waals surface area contributed by atoms with E-state index in [4.69, 9.17) is 5.73 Å². The molecule has 20 heavy (non-hydrogen) atoms. The summed E-state index contributed by atoms with van der Waals surface area (Å²) in [7, 11) is 3.86. The maximum Gasteiger partial charge on any atom is 0.353 e. The van der Waals surface area contributed by atoms with Gasteiger partial charge in [0.2, 0.25) is 11.6 Å². The highest BCUT2D eigenvalue weighted by Crippen LogP contribution is 2.29. The third-order valence-electron chi connectivity index (χ3n) is 2.68. The fourth-order valence-electron chi connectivity index (χ4n) is 1.64. The maximum absolute atomic E-state index is 11.0. The number of nitrogen functional groups attached to an aromatic ring is 1. The van der Waals surface area contributed by atoms with Crippen LogP contribution in [0.25, 0.3) is 0 Å². The van der Waals surface area contributed by atoms with Gasteiger partial charge in [-0.05, 0) is 24.3 Å². The summed E-state index contributed by atoms with van der Waals surface area (Å²) >= 11 is 0. The first-order valence-electron chi connectivity index (χ1n) is 5.78. The van der Waals surface area contributed by atoms with E-state index in [9.17, 15) is 10.1 Å². The molecule has 104 valence electrons. The van der Waals surface area contributed by atoms with E-state index in [0.29, 0.717) is 5.69 Å². The summed E-state index contributed by atoms with van der Waals surface area (Å²) in [6.45, 7) is 0. The van der Waals surface area contributed by atoms with Crippen LogP contribution in [-0.2, 0) is 0 Å². The van der Waals surface area contributed by atoms with E-state index < -0.39 is 4.92 Å². The second-order valence-corrected chi connectivity index (χ2v) is 4.28.